The van der Waals surface area contributed by atoms with Crippen molar-refractivity contribution in [1.29, 1.82) is 0 Å². The molecular formula is C16H23NO4. The van der Waals surface area contributed by atoms with E-state index < -0.39 is 18.1 Å². The Balaban J connectivity index is 2.86. The van der Waals surface area contributed by atoms with Crippen LogP contribution in [-0.4, -0.2) is 24.8 Å². The fourth-order valence-corrected chi connectivity index (χ4v) is 1.60. The Morgan fingerprint density at radius 1 is 1.14 bits per heavy atom. The smallest absolute Gasteiger partial charge is 0.408 e. The van der Waals surface area contributed by atoms with Crippen molar-refractivity contribution in [2.75, 3.05) is 6.61 Å². The van der Waals surface area contributed by atoms with Crippen LogP contribution in [0.25, 0.3) is 0 Å². The lowest BCUT2D eigenvalue weighted by Gasteiger charge is -2.22. The second-order valence-electron chi connectivity index (χ2n) is 5.09. The van der Waals surface area contributed by atoms with E-state index in [1.807, 2.05) is 26.8 Å². The third-order valence-electron chi connectivity index (χ3n) is 3.15. The molecule has 0 aliphatic heterocycles. The molecule has 0 saturated carbocycles. The fraction of sp³-hybridized carbons (Fsp3) is 0.500. The van der Waals surface area contributed by atoms with Gasteiger partial charge in [0.15, 0.2) is 6.04 Å². The number of hydrogen-bond donors (Lipinski definition) is 1. The number of ether oxygens (including phenoxy) is 2. The first-order valence-electron chi connectivity index (χ1n) is 7.14. The quantitative estimate of drug-likeness (QED) is 0.819. The number of nitrogens with one attached hydrogen (secondary N) is 1. The summed E-state index contributed by atoms with van der Waals surface area (Å²) in [4.78, 5) is 23.9. The molecule has 1 rings (SSSR count). The minimum atomic E-state index is -0.869. The molecule has 116 valence electrons. The Labute approximate surface area is 125 Å². The highest BCUT2D eigenvalue weighted by molar-refractivity contribution is 5.82. The first-order chi connectivity index (χ1) is 9.95. The van der Waals surface area contributed by atoms with Gasteiger partial charge in [-0.15, -0.1) is 0 Å². The number of amides is 1. The van der Waals surface area contributed by atoms with Gasteiger partial charge in [0.1, 0.15) is 6.10 Å². The molecule has 0 radical (unpaired) electrons. The lowest BCUT2D eigenvalue weighted by Crippen LogP contribution is -2.37. The Morgan fingerprint density at radius 2 is 1.76 bits per heavy atom. The van der Waals surface area contributed by atoms with Crippen LogP contribution in [0.5, 0.6) is 0 Å². The van der Waals surface area contributed by atoms with Gasteiger partial charge in [-0.1, -0.05) is 44.2 Å². The number of hydrogen-bond acceptors (Lipinski definition) is 4. The van der Waals surface area contributed by atoms with Gasteiger partial charge in [0, 0.05) is 0 Å². The molecule has 21 heavy (non-hydrogen) atoms. The van der Waals surface area contributed by atoms with Gasteiger partial charge < -0.3 is 14.8 Å². The molecule has 0 aliphatic rings. The summed E-state index contributed by atoms with van der Waals surface area (Å²) in [5.41, 5.74) is 0.659. The molecule has 0 fully saturated rings. The SMILES string of the molecule is CCOC(=O)NC(C(=O)O[C@@H](C)C(C)C)c1ccccc1. The number of benzene rings is 1. The van der Waals surface area contributed by atoms with Crippen LogP contribution in [0.1, 0.15) is 39.3 Å². The standard InChI is InChI=1S/C16H23NO4/c1-5-20-16(19)17-14(13-9-7-6-8-10-13)15(18)21-12(4)11(2)3/h6-12,14H,5H2,1-4H3,(H,17,19)/t12-,14?/m0/s1. The van der Waals surface area contributed by atoms with Gasteiger partial charge in [0.05, 0.1) is 6.61 Å². The third kappa shape index (κ3) is 5.45. The van der Waals surface area contributed by atoms with E-state index in [2.05, 4.69) is 5.32 Å². The number of rotatable bonds is 6. The Morgan fingerprint density at radius 3 is 2.29 bits per heavy atom. The van der Waals surface area contributed by atoms with Crippen molar-refractivity contribution in [3.63, 3.8) is 0 Å². The van der Waals surface area contributed by atoms with E-state index >= 15 is 0 Å². The second kappa shape index (κ2) is 8.29. The molecule has 5 nitrogen and oxygen atoms in total. The molecule has 0 bridgehead atoms. The molecule has 0 saturated heterocycles. The van der Waals surface area contributed by atoms with Gasteiger partial charge in [-0.25, -0.2) is 9.59 Å². The van der Waals surface area contributed by atoms with Gasteiger partial charge in [0.2, 0.25) is 0 Å². The lowest BCUT2D eigenvalue weighted by molar-refractivity contribution is -0.152. The second-order valence-corrected chi connectivity index (χ2v) is 5.09. The van der Waals surface area contributed by atoms with Crippen LogP contribution in [-0.2, 0) is 14.3 Å². The lowest BCUT2D eigenvalue weighted by atomic mass is 10.1. The summed E-state index contributed by atoms with van der Waals surface area (Å²) in [7, 11) is 0. The van der Waals surface area contributed by atoms with E-state index in [1.165, 1.54) is 0 Å². The van der Waals surface area contributed by atoms with Gasteiger partial charge in [-0.2, -0.15) is 0 Å². The average molecular weight is 293 g/mol. The first-order valence-corrected chi connectivity index (χ1v) is 7.14. The molecule has 1 unspecified atom stereocenters. The van der Waals surface area contributed by atoms with Gasteiger partial charge in [-0.05, 0) is 25.3 Å². The highest BCUT2D eigenvalue weighted by atomic mass is 16.6. The molecule has 1 amide bonds. The third-order valence-corrected chi connectivity index (χ3v) is 3.15. The fourth-order valence-electron chi connectivity index (χ4n) is 1.60. The van der Waals surface area contributed by atoms with E-state index in [0.29, 0.717) is 5.56 Å². The molecule has 1 aromatic carbocycles. The zero-order valence-corrected chi connectivity index (χ0v) is 13.0. The largest absolute Gasteiger partial charge is 0.461 e. The zero-order valence-electron chi connectivity index (χ0n) is 13.0. The summed E-state index contributed by atoms with van der Waals surface area (Å²) < 4.78 is 10.2. The van der Waals surface area contributed by atoms with E-state index in [9.17, 15) is 9.59 Å². The van der Waals surface area contributed by atoms with Crippen molar-refractivity contribution < 1.29 is 19.1 Å². The topological polar surface area (TPSA) is 64.6 Å². The molecule has 0 aromatic heterocycles. The summed E-state index contributed by atoms with van der Waals surface area (Å²) in [6.45, 7) is 7.71. The zero-order chi connectivity index (χ0) is 15.8. The molecule has 0 aliphatic carbocycles. The summed E-state index contributed by atoms with van der Waals surface area (Å²) in [6.07, 6.45) is -0.867. The maximum Gasteiger partial charge on any atom is 0.408 e. The maximum absolute atomic E-state index is 12.3. The van der Waals surface area contributed by atoms with Crippen LogP contribution in [0.15, 0.2) is 30.3 Å². The van der Waals surface area contributed by atoms with E-state index in [-0.39, 0.29) is 18.6 Å². The van der Waals surface area contributed by atoms with Crippen molar-refractivity contribution in [1.82, 2.24) is 5.32 Å². The molecule has 1 aromatic rings. The van der Waals surface area contributed by atoms with Crippen LogP contribution in [0.4, 0.5) is 4.79 Å². The maximum atomic E-state index is 12.3. The minimum Gasteiger partial charge on any atom is -0.461 e. The van der Waals surface area contributed by atoms with Crippen LogP contribution < -0.4 is 5.32 Å². The van der Waals surface area contributed by atoms with Crippen molar-refractivity contribution in [3.8, 4) is 0 Å². The predicted molar refractivity (Wildman–Crippen MR) is 79.7 cm³/mol. The average Bonchev–Trinajstić information content (AvgIpc) is 2.45. The Kier molecular flexibility index (Phi) is 6.72. The van der Waals surface area contributed by atoms with Crippen LogP contribution in [0, 0.1) is 5.92 Å². The highest BCUT2D eigenvalue weighted by Gasteiger charge is 2.26. The molecule has 2 atom stereocenters. The monoisotopic (exact) mass is 293 g/mol. The summed E-state index contributed by atoms with van der Waals surface area (Å²) >= 11 is 0. The van der Waals surface area contributed by atoms with Gasteiger partial charge >= 0.3 is 12.1 Å². The van der Waals surface area contributed by atoms with Crippen LogP contribution in [0.3, 0.4) is 0 Å². The normalized spacial score (nSPS) is 13.4. The number of carbonyl (C=O) groups excluding carboxylic acids is 2. The molecule has 0 spiro atoms. The predicted octanol–water partition coefficient (Wildman–Crippen LogP) is 3.06. The van der Waals surface area contributed by atoms with Crippen LogP contribution in [0.2, 0.25) is 0 Å². The number of esters is 1. The first kappa shape index (κ1) is 17.0. The molecular weight excluding hydrogens is 270 g/mol. The van der Waals surface area contributed by atoms with Crippen molar-refractivity contribution in [2.45, 2.75) is 39.8 Å². The molecule has 5 heteroatoms. The minimum absolute atomic E-state index is 0.202. The van der Waals surface area contributed by atoms with E-state index in [4.69, 9.17) is 9.47 Å². The Bertz CT molecular complexity index is 459. The number of carbonyl (C=O) groups is 2. The van der Waals surface area contributed by atoms with E-state index in [1.54, 1.807) is 31.2 Å². The van der Waals surface area contributed by atoms with E-state index in [0.717, 1.165) is 0 Å². The van der Waals surface area contributed by atoms with Crippen molar-refractivity contribution in [2.24, 2.45) is 5.92 Å². The number of alkyl carbamates (subject to hydrolysis) is 1. The summed E-state index contributed by atoms with van der Waals surface area (Å²) in [6, 6.07) is 8.10. The summed E-state index contributed by atoms with van der Waals surface area (Å²) in [5.74, 6) is -0.289. The van der Waals surface area contributed by atoms with Gasteiger partial charge in [-0.3, -0.25) is 0 Å². The van der Waals surface area contributed by atoms with Gasteiger partial charge in [0.25, 0.3) is 0 Å². The Hall–Kier alpha value is -2.04. The van der Waals surface area contributed by atoms with Crippen molar-refractivity contribution >= 4 is 12.1 Å². The highest BCUT2D eigenvalue weighted by Crippen LogP contribution is 2.17. The van der Waals surface area contributed by atoms with Crippen molar-refractivity contribution in [3.05, 3.63) is 35.9 Å². The van der Waals surface area contributed by atoms with Crippen LogP contribution >= 0.6 is 0 Å². The summed E-state index contributed by atoms with van der Waals surface area (Å²) in [5, 5.41) is 2.54. The molecule has 0 heterocycles. The molecule has 1 N–H and O–H groups in total.